The van der Waals surface area contributed by atoms with Crippen LogP contribution in [0.1, 0.15) is 35.8 Å². The number of benzene rings is 2. The number of sulfonamides is 1. The van der Waals surface area contributed by atoms with Gasteiger partial charge in [0.1, 0.15) is 0 Å². The van der Waals surface area contributed by atoms with Crippen LogP contribution in [-0.2, 0) is 19.6 Å². The number of carbonyl (C=O) groups is 2. The van der Waals surface area contributed by atoms with Gasteiger partial charge in [-0.05, 0) is 31.5 Å². The summed E-state index contributed by atoms with van der Waals surface area (Å²) in [6, 6.07) is 15.2. The predicted molar refractivity (Wildman–Crippen MR) is 103 cm³/mol. The molecule has 1 amide bonds. The van der Waals surface area contributed by atoms with Crippen LogP contribution in [0.4, 0.5) is 5.69 Å². The zero-order valence-corrected chi connectivity index (χ0v) is 16.1. The Morgan fingerprint density at radius 2 is 1.56 bits per heavy atom. The van der Waals surface area contributed by atoms with Gasteiger partial charge in [0.2, 0.25) is 10.0 Å². The van der Waals surface area contributed by atoms with Crippen molar-refractivity contribution in [3.05, 3.63) is 65.7 Å². The van der Waals surface area contributed by atoms with Crippen molar-refractivity contribution >= 4 is 27.6 Å². The van der Waals surface area contributed by atoms with E-state index in [1.54, 1.807) is 12.1 Å². The normalized spacial score (nSPS) is 13.3. The van der Waals surface area contributed by atoms with E-state index in [0.717, 1.165) is 11.8 Å². The van der Waals surface area contributed by atoms with Crippen LogP contribution in [0.15, 0.2) is 54.6 Å². The Bertz CT molecular complexity index is 913. The molecule has 144 valence electrons. The van der Waals surface area contributed by atoms with E-state index in [0.29, 0.717) is 0 Å². The lowest BCUT2D eigenvalue weighted by molar-refractivity contribution is -0.129. The van der Waals surface area contributed by atoms with E-state index in [1.807, 2.05) is 37.3 Å². The summed E-state index contributed by atoms with van der Waals surface area (Å²) in [7, 11) is -3.56. The number of rotatable bonds is 7. The summed E-state index contributed by atoms with van der Waals surface area (Å²) in [4.78, 5) is 24.7. The van der Waals surface area contributed by atoms with Gasteiger partial charge in [-0.25, -0.2) is 13.2 Å². The zero-order chi connectivity index (χ0) is 20.0. The fraction of sp³-hybridized carbons (Fsp3) is 0.263. The van der Waals surface area contributed by atoms with E-state index in [-0.39, 0.29) is 17.3 Å². The number of anilines is 1. The van der Waals surface area contributed by atoms with Gasteiger partial charge < -0.3 is 10.1 Å². The van der Waals surface area contributed by atoms with Crippen molar-refractivity contribution in [1.29, 1.82) is 0 Å². The molecule has 0 fully saturated rings. The predicted octanol–water partition coefficient (Wildman–Crippen LogP) is 2.48. The molecule has 2 atom stereocenters. The highest BCUT2D eigenvalue weighted by molar-refractivity contribution is 7.92. The van der Waals surface area contributed by atoms with Crippen LogP contribution in [0, 0.1) is 0 Å². The summed E-state index contributed by atoms with van der Waals surface area (Å²) in [5, 5.41) is 2.78. The van der Waals surface area contributed by atoms with Crippen LogP contribution in [0.2, 0.25) is 0 Å². The van der Waals surface area contributed by atoms with E-state index in [2.05, 4.69) is 10.0 Å². The number of hydrogen-bond donors (Lipinski definition) is 2. The second-order valence-electron chi connectivity index (χ2n) is 6.11. The Morgan fingerprint density at radius 1 is 0.963 bits per heavy atom. The van der Waals surface area contributed by atoms with Crippen LogP contribution in [0.25, 0.3) is 0 Å². The molecule has 27 heavy (non-hydrogen) atoms. The Kier molecular flexibility index (Phi) is 6.57. The van der Waals surface area contributed by atoms with E-state index < -0.39 is 28.0 Å². The number of nitrogens with one attached hydrogen (secondary N) is 2. The lowest BCUT2D eigenvalue weighted by Crippen LogP contribution is -2.37. The van der Waals surface area contributed by atoms with Crippen molar-refractivity contribution in [3.63, 3.8) is 0 Å². The molecule has 2 aromatic carbocycles. The van der Waals surface area contributed by atoms with Gasteiger partial charge in [0.15, 0.2) is 6.10 Å². The number of hydrogen-bond acceptors (Lipinski definition) is 5. The third kappa shape index (κ3) is 6.10. The molecule has 2 aromatic rings. The number of ether oxygens (including phenoxy) is 1. The number of carbonyl (C=O) groups excluding carboxylic acids is 2. The van der Waals surface area contributed by atoms with Gasteiger partial charge in [-0.1, -0.05) is 42.5 Å². The molecule has 7 nitrogen and oxygen atoms in total. The molecule has 0 spiro atoms. The molecule has 0 aliphatic rings. The molecular formula is C19H22N2O5S. The van der Waals surface area contributed by atoms with Crippen molar-refractivity contribution in [3.8, 4) is 0 Å². The molecule has 8 heteroatoms. The number of para-hydroxylation sites is 1. The van der Waals surface area contributed by atoms with E-state index in [4.69, 9.17) is 4.74 Å². The maximum absolute atomic E-state index is 12.4. The van der Waals surface area contributed by atoms with Crippen LogP contribution in [0.5, 0.6) is 0 Å². The highest BCUT2D eigenvalue weighted by atomic mass is 32.2. The van der Waals surface area contributed by atoms with Gasteiger partial charge in [-0.15, -0.1) is 0 Å². The van der Waals surface area contributed by atoms with Gasteiger partial charge in [-0.3, -0.25) is 9.52 Å². The summed E-state index contributed by atoms with van der Waals surface area (Å²) in [6.45, 7) is 3.28. The standard InChI is InChI=1S/C19H22N2O5S/c1-13(15-9-5-4-6-10-15)20-18(22)14(2)26-19(23)16-11-7-8-12-17(16)21-27(3,24)25/h4-14,21H,1-3H3,(H,20,22)/t13-,14+/m1/s1. The lowest BCUT2D eigenvalue weighted by atomic mass is 10.1. The maximum Gasteiger partial charge on any atom is 0.341 e. The minimum atomic E-state index is -3.56. The first kappa shape index (κ1) is 20.4. The quantitative estimate of drug-likeness (QED) is 0.707. The Morgan fingerprint density at radius 3 is 2.19 bits per heavy atom. The molecule has 2 rings (SSSR count). The molecular weight excluding hydrogens is 368 g/mol. The average Bonchev–Trinajstić information content (AvgIpc) is 2.61. The zero-order valence-electron chi connectivity index (χ0n) is 15.3. The van der Waals surface area contributed by atoms with Crippen LogP contribution in [0.3, 0.4) is 0 Å². The minimum Gasteiger partial charge on any atom is -0.449 e. The van der Waals surface area contributed by atoms with Crippen molar-refractivity contribution in [2.24, 2.45) is 0 Å². The highest BCUT2D eigenvalue weighted by Gasteiger charge is 2.22. The molecule has 0 heterocycles. The molecule has 0 saturated carbocycles. The van der Waals surface area contributed by atoms with Gasteiger partial charge in [0, 0.05) is 0 Å². The second-order valence-corrected chi connectivity index (χ2v) is 7.86. The monoisotopic (exact) mass is 390 g/mol. The largest absolute Gasteiger partial charge is 0.449 e. The molecule has 2 N–H and O–H groups in total. The maximum atomic E-state index is 12.4. The first-order chi connectivity index (χ1) is 12.7. The van der Waals surface area contributed by atoms with Crippen LogP contribution < -0.4 is 10.0 Å². The number of esters is 1. The first-order valence-corrected chi connectivity index (χ1v) is 10.2. The van der Waals surface area contributed by atoms with E-state index in [1.165, 1.54) is 19.1 Å². The van der Waals surface area contributed by atoms with Crippen LogP contribution >= 0.6 is 0 Å². The molecule has 0 aliphatic heterocycles. The Balaban J connectivity index is 2.04. The summed E-state index contributed by atoms with van der Waals surface area (Å²) in [5.74, 6) is -1.25. The Hall–Kier alpha value is -2.87. The van der Waals surface area contributed by atoms with E-state index >= 15 is 0 Å². The second kappa shape index (κ2) is 8.68. The fourth-order valence-corrected chi connectivity index (χ4v) is 2.96. The summed E-state index contributed by atoms with van der Waals surface area (Å²) in [5.41, 5.74) is 1.04. The summed E-state index contributed by atoms with van der Waals surface area (Å²) >= 11 is 0. The fourth-order valence-electron chi connectivity index (χ4n) is 2.38. The van der Waals surface area contributed by atoms with Gasteiger partial charge in [-0.2, -0.15) is 0 Å². The molecule has 0 aliphatic carbocycles. The van der Waals surface area contributed by atoms with Gasteiger partial charge >= 0.3 is 5.97 Å². The minimum absolute atomic E-state index is 0.0266. The molecule has 0 aromatic heterocycles. The topological polar surface area (TPSA) is 102 Å². The van der Waals surface area contributed by atoms with Gasteiger partial charge in [0.25, 0.3) is 5.91 Å². The van der Waals surface area contributed by atoms with Crippen molar-refractivity contribution in [2.45, 2.75) is 26.0 Å². The first-order valence-electron chi connectivity index (χ1n) is 8.30. The molecule has 0 saturated heterocycles. The van der Waals surface area contributed by atoms with Crippen LogP contribution in [-0.4, -0.2) is 32.7 Å². The lowest BCUT2D eigenvalue weighted by Gasteiger charge is -2.19. The SMILES string of the molecule is C[C@H](OC(=O)c1ccccc1NS(C)(=O)=O)C(=O)N[C@H](C)c1ccccc1. The van der Waals surface area contributed by atoms with Crippen molar-refractivity contribution in [2.75, 3.05) is 11.0 Å². The highest BCUT2D eigenvalue weighted by Crippen LogP contribution is 2.18. The summed E-state index contributed by atoms with van der Waals surface area (Å²) in [6.07, 6.45) is -0.0640. The smallest absolute Gasteiger partial charge is 0.341 e. The third-order valence-corrected chi connectivity index (χ3v) is 4.34. The van der Waals surface area contributed by atoms with E-state index in [9.17, 15) is 18.0 Å². The van der Waals surface area contributed by atoms with Crippen molar-refractivity contribution in [1.82, 2.24) is 5.32 Å². The molecule has 0 radical (unpaired) electrons. The van der Waals surface area contributed by atoms with Crippen molar-refractivity contribution < 1.29 is 22.7 Å². The number of amides is 1. The third-order valence-electron chi connectivity index (χ3n) is 3.75. The summed E-state index contributed by atoms with van der Waals surface area (Å²) < 4.78 is 30.3. The average molecular weight is 390 g/mol. The molecule has 0 bridgehead atoms. The Labute approximate surface area is 158 Å². The van der Waals surface area contributed by atoms with Gasteiger partial charge in [0.05, 0.1) is 23.5 Å². The molecule has 0 unspecified atom stereocenters.